The Bertz CT molecular complexity index is 482. The molecule has 3 nitrogen and oxygen atoms in total. The van der Waals surface area contributed by atoms with Crippen LogP contribution >= 0.6 is 0 Å². The summed E-state index contributed by atoms with van der Waals surface area (Å²) in [6.07, 6.45) is 2.00. The van der Waals surface area contributed by atoms with Crippen molar-refractivity contribution in [1.82, 2.24) is 9.78 Å². The third-order valence-corrected chi connectivity index (χ3v) is 2.01. The molecular formula is C11H13N3. The summed E-state index contributed by atoms with van der Waals surface area (Å²) in [6.45, 7) is 6.60. The Kier molecular flexibility index (Phi) is 2.00. The number of rotatable bonds is 2. The van der Waals surface area contributed by atoms with Crippen LogP contribution in [0.2, 0.25) is 0 Å². The molecule has 2 N–H and O–H groups in total. The number of anilines is 1. The first-order valence-corrected chi connectivity index (χ1v) is 4.52. The van der Waals surface area contributed by atoms with Crippen LogP contribution in [0, 0.1) is 0 Å². The number of aromatic nitrogens is 2. The minimum absolute atomic E-state index is 0.748. The molecule has 0 aliphatic rings. The lowest BCUT2D eigenvalue weighted by molar-refractivity contribution is 0.687. The summed E-state index contributed by atoms with van der Waals surface area (Å²) in [5.74, 6) is 0. The van der Waals surface area contributed by atoms with Gasteiger partial charge in [-0.1, -0.05) is 12.2 Å². The van der Waals surface area contributed by atoms with Gasteiger partial charge in [0.15, 0.2) is 0 Å². The summed E-state index contributed by atoms with van der Waals surface area (Å²) in [5, 5.41) is 5.50. The van der Waals surface area contributed by atoms with E-state index in [2.05, 4.69) is 11.7 Å². The highest BCUT2D eigenvalue weighted by molar-refractivity contribution is 5.81. The van der Waals surface area contributed by atoms with Crippen molar-refractivity contribution in [2.75, 3.05) is 5.73 Å². The maximum Gasteiger partial charge on any atom is 0.0943 e. The number of nitrogen functional groups attached to an aromatic ring is 1. The fraction of sp³-hybridized carbons (Fsp3) is 0.182. The van der Waals surface area contributed by atoms with Gasteiger partial charge in [0, 0.05) is 17.3 Å². The molecule has 1 heterocycles. The van der Waals surface area contributed by atoms with Gasteiger partial charge in [0.05, 0.1) is 12.1 Å². The summed E-state index contributed by atoms with van der Waals surface area (Å²) < 4.78 is 1.88. The lowest BCUT2D eigenvalue weighted by Crippen LogP contribution is -1.98. The third-order valence-electron chi connectivity index (χ3n) is 2.01. The molecule has 0 unspecified atom stereocenters. The van der Waals surface area contributed by atoms with Crippen LogP contribution in [0.25, 0.3) is 10.9 Å². The van der Waals surface area contributed by atoms with Crippen molar-refractivity contribution < 1.29 is 0 Å². The molecule has 0 saturated carbocycles. The van der Waals surface area contributed by atoms with Gasteiger partial charge in [-0.25, -0.2) is 0 Å². The highest BCUT2D eigenvalue weighted by Gasteiger charge is 2.00. The molecule has 1 aromatic heterocycles. The highest BCUT2D eigenvalue weighted by Crippen LogP contribution is 2.15. The third kappa shape index (κ3) is 1.62. The Labute approximate surface area is 82.8 Å². The summed E-state index contributed by atoms with van der Waals surface area (Å²) in [4.78, 5) is 0. The lowest BCUT2D eigenvalue weighted by atomic mass is 10.2. The van der Waals surface area contributed by atoms with E-state index in [0.29, 0.717) is 0 Å². The van der Waals surface area contributed by atoms with E-state index >= 15 is 0 Å². The summed E-state index contributed by atoms with van der Waals surface area (Å²) in [6, 6.07) is 5.74. The van der Waals surface area contributed by atoms with Gasteiger partial charge < -0.3 is 5.73 Å². The van der Waals surface area contributed by atoms with Gasteiger partial charge in [-0.15, -0.1) is 0 Å². The van der Waals surface area contributed by atoms with Crippen molar-refractivity contribution in [3.05, 3.63) is 36.5 Å². The van der Waals surface area contributed by atoms with Gasteiger partial charge in [0.2, 0.25) is 0 Å². The fourth-order valence-electron chi connectivity index (χ4n) is 1.44. The van der Waals surface area contributed by atoms with E-state index in [1.165, 1.54) is 0 Å². The van der Waals surface area contributed by atoms with E-state index in [-0.39, 0.29) is 0 Å². The normalized spacial score (nSPS) is 10.6. The van der Waals surface area contributed by atoms with Crippen molar-refractivity contribution >= 4 is 16.6 Å². The zero-order valence-electron chi connectivity index (χ0n) is 8.20. The number of hydrogen-bond donors (Lipinski definition) is 1. The Morgan fingerprint density at radius 2 is 2.36 bits per heavy atom. The number of nitrogens with zero attached hydrogens (tertiary/aromatic N) is 2. The monoisotopic (exact) mass is 187 g/mol. The maximum atomic E-state index is 5.67. The van der Waals surface area contributed by atoms with Gasteiger partial charge in [-0.3, -0.25) is 4.68 Å². The number of benzene rings is 1. The average Bonchev–Trinajstić information content (AvgIpc) is 2.44. The molecule has 0 aliphatic heterocycles. The smallest absolute Gasteiger partial charge is 0.0943 e. The Morgan fingerprint density at radius 3 is 3.07 bits per heavy atom. The van der Waals surface area contributed by atoms with Crippen molar-refractivity contribution in [3.63, 3.8) is 0 Å². The lowest BCUT2D eigenvalue weighted by Gasteiger charge is -1.97. The van der Waals surface area contributed by atoms with Crippen LogP contribution in [0.5, 0.6) is 0 Å². The SMILES string of the molecule is C=C(C)Cn1cc2ccc(N)cc2n1. The quantitative estimate of drug-likeness (QED) is 0.578. The van der Waals surface area contributed by atoms with Gasteiger partial charge in [-0.2, -0.15) is 5.10 Å². The predicted octanol–water partition coefficient (Wildman–Crippen LogP) is 2.19. The molecule has 0 amide bonds. The standard InChI is InChI=1S/C11H13N3/c1-8(2)6-14-7-9-3-4-10(12)5-11(9)13-14/h3-5,7H,1,6,12H2,2H3. The Balaban J connectivity index is 2.46. The van der Waals surface area contributed by atoms with Crippen LogP contribution in [0.3, 0.4) is 0 Å². The molecular weight excluding hydrogens is 174 g/mol. The van der Waals surface area contributed by atoms with Crippen molar-refractivity contribution in [3.8, 4) is 0 Å². The minimum Gasteiger partial charge on any atom is -0.399 e. The second-order valence-electron chi connectivity index (χ2n) is 3.60. The molecule has 14 heavy (non-hydrogen) atoms. The molecule has 0 aliphatic carbocycles. The van der Waals surface area contributed by atoms with E-state index in [9.17, 15) is 0 Å². The average molecular weight is 187 g/mol. The minimum atomic E-state index is 0.748. The first-order valence-electron chi connectivity index (χ1n) is 4.52. The largest absolute Gasteiger partial charge is 0.399 e. The number of fused-ring (bicyclic) bond motifs is 1. The first kappa shape index (κ1) is 8.81. The second kappa shape index (κ2) is 3.18. The molecule has 72 valence electrons. The first-order chi connectivity index (χ1) is 6.65. The van der Waals surface area contributed by atoms with Gasteiger partial charge in [0.1, 0.15) is 0 Å². The summed E-state index contributed by atoms with van der Waals surface area (Å²) in [7, 11) is 0. The fourth-order valence-corrected chi connectivity index (χ4v) is 1.44. The highest BCUT2D eigenvalue weighted by atomic mass is 15.3. The summed E-state index contributed by atoms with van der Waals surface area (Å²) in [5.41, 5.74) is 8.44. The zero-order valence-corrected chi connectivity index (χ0v) is 8.20. The van der Waals surface area contributed by atoms with Crippen LogP contribution in [0.4, 0.5) is 5.69 Å². The zero-order chi connectivity index (χ0) is 10.1. The van der Waals surface area contributed by atoms with Crippen LogP contribution in [-0.4, -0.2) is 9.78 Å². The van der Waals surface area contributed by atoms with Gasteiger partial charge in [0.25, 0.3) is 0 Å². The number of hydrogen-bond acceptors (Lipinski definition) is 2. The van der Waals surface area contributed by atoms with Gasteiger partial charge >= 0.3 is 0 Å². The van der Waals surface area contributed by atoms with Crippen LogP contribution in [-0.2, 0) is 6.54 Å². The van der Waals surface area contributed by atoms with Gasteiger partial charge in [-0.05, 0) is 25.1 Å². The van der Waals surface area contributed by atoms with Crippen LogP contribution < -0.4 is 5.73 Å². The molecule has 0 atom stereocenters. The molecule has 1 aromatic carbocycles. The molecule has 2 aromatic rings. The maximum absolute atomic E-state index is 5.67. The van der Waals surface area contributed by atoms with E-state index in [1.807, 2.05) is 36.0 Å². The number of allylic oxidation sites excluding steroid dienone is 1. The second-order valence-corrected chi connectivity index (χ2v) is 3.60. The molecule has 0 bridgehead atoms. The van der Waals surface area contributed by atoms with Crippen LogP contribution in [0.1, 0.15) is 6.92 Å². The molecule has 0 spiro atoms. The van der Waals surface area contributed by atoms with Crippen molar-refractivity contribution in [2.24, 2.45) is 0 Å². The molecule has 3 heteroatoms. The number of nitrogens with two attached hydrogens (primary N) is 1. The van der Waals surface area contributed by atoms with E-state index in [0.717, 1.165) is 28.7 Å². The molecule has 0 saturated heterocycles. The van der Waals surface area contributed by atoms with Crippen LogP contribution in [0.15, 0.2) is 36.5 Å². The topological polar surface area (TPSA) is 43.8 Å². The van der Waals surface area contributed by atoms with Crippen molar-refractivity contribution in [2.45, 2.75) is 13.5 Å². The van der Waals surface area contributed by atoms with E-state index in [1.54, 1.807) is 0 Å². The Hall–Kier alpha value is -1.77. The Morgan fingerprint density at radius 1 is 1.57 bits per heavy atom. The van der Waals surface area contributed by atoms with Crippen molar-refractivity contribution in [1.29, 1.82) is 0 Å². The summed E-state index contributed by atoms with van der Waals surface area (Å²) >= 11 is 0. The molecule has 0 radical (unpaired) electrons. The van der Waals surface area contributed by atoms with E-state index in [4.69, 9.17) is 5.73 Å². The molecule has 0 fully saturated rings. The molecule has 2 rings (SSSR count). The predicted molar refractivity (Wildman–Crippen MR) is 59.0 cm³/mol. The van der Waals surface area contributed by atoms with E-state index < -0.39 is 0 Å².